The summed E-state index contributed by atoms with van der Waals surface area (Å²) in [6.07, 6.45) is 0. The number of fused-ring (bicyclic) bond motifs is 3. The summed E-state index contributed by atoms with van der Waals surface area (Å²) in [6.45, 7) is 0. The maximum absolute atomic E-state index is 6.05. The van der Waals surface area contributed by atoms with Gasteiger partial charge in [-0.05, 0) is 34.4 Å². The lowest BCUT2D eigenvalue weighted by Gasteiger charge is -2.16. The summed E-state index contributed by atoms with van der Waals surface area (Å²) in [7, 11) is 0. The third kappa shape index (κ3) is 1.40. The van der Waals surface area contributed by atoms with E-state index in [1.165, 1.54) is 22.3 Å². The molecule has 0 nitrogen and oxygen atoms in total. The van der Waals surface area contributed by atoms with Gasteiger partial charge in [-0.25, -0.2) is 0 Å². The zero-order chi connectivity index (χ0) is 11.3. The van der Waals surface area contributed by atoms with Crippen molar-refractivity contribution in [3.05, 3.63) is 58.6 Å². The molecule has 0 aromatic heterocycles. The van der Waals surface area contributed by atoms with Crippen LogP contribution in [0.4, 0.5) is 0 Å². The molecule has 0 spiro atoms. The lowest BCUT2D eigenvalue weighted by Crippen LogP contribution is -2.05. The summed E-state index contributed by atoms with van der Waals surface area (Å²) in [5.41, 5.74) is 4.86. The number of alkyl halides is 2. The van der Waals surface area contributed by atoms with Crippen LogP contribution in [0.2, 0.25) is 5.02 Å². The molecule has 0 saturated heterocycles. The minimum absolute atomic E-state index is 0.281. The molecule has 0 amide bonds. The van der Waals surface area contributed by atoms with E-state index in [9.17, 15) is 0 Å². The average molecular weight is 358 g/mol. The number of rotatable bonds is 0. The molecule has 0 unspecified atom stereocenters. The van der Waals surface area contributed by atoms with Crippen molar-refractivity contribution < 1.29 is 0 Å². The van der Waals surface area contributed by atoms with Crippen molar-refractivity contribution in [1.29, 1.82) is 0 Å². The predicted octanol–water partition coefficient (Wildman–Crippen LogP) is 5.31. The van der Waals surface area contributed by atoms with Gasteiger partial charge in [-0.1, -0.05) is 73.8 Å². The number of halogens is 3. The zero-order valence-electron chi connectivity index (χ0n) is 8.18. The summed E-state index contributed by atoms with van der Waals surface area (Å²) < 4.78 is -0.281. The van der Waals surface area contributed by atoms with E-state index < -0.39 is 0 Å². The van der Waals surface area contributed by atoms with Crippen LogP contribution in [0.25, 0.3) is 11.1 Å². The molecular formula is C13H7Br2Cl. The molecule has 2 aromatic rings. The smallest absolute Gasteiger partial charge is 0.0843 e. The van der Waals surface area contributed by atoms with Crippen LogP contribution in [0, 0.1) is 0 Å². The van der Waals surface area contributed by atoms with Crippen LogP contribution in [0.3, 0.4) is 0 Å². The van der Waals surface area contributed by atoms with Gasteiger partial charge in [-0.15, -0.1) is 0 Å². The molecule has 3 heteroatoms. The molecule has 0 atom stereocenters. The monoisotopic (exact) mass is 356 g/mol. The Morgan fingerprint density at radius 2 is 1.56 bits per heavy atom. The van der Waals surface area contributed by atoms with Gasteiger partial charge in [-0.3, -0.25) is 0 Å². The van der Waals surface area contributed by atoms with Crippen molar-refractivity contribution in [2.24, 2.45) is 0 Å². The summed E-state index contributed by atoms with van der Waals surface area (Å²) in [5, 5.41) is 0.770. The van der Waals surface area contributed by atoms with Gasteiger partial charge in [0.05, 0.1) is 0 Å². The Hall–Kier alpha value is -0.310. The number of hydrogen-bond donors (Lipinski definition) is 0. The maximum Gasteiger partial charge on any atom is 0.131 e. The second-order valence-electron chi connectivity index (χ2n) is 3.81. The largest absolute Gasteiger partial charge is 0.131 e. The van der Waals surface area contributed by atoms with Crippen molar-refractivity contribution in [3.63, 3.8) is 0 Å². The summed E-state index contributed by atoms with van der Waals surface area (Å²) >= 11 is 13.5. The van der Waals surface area contributed by atoms with Gasteiger partial charge in [0.2, 0.25) is 0 Å². The molecule has 0 saturated carbocycles. The Kier molecular flexibility index (Phi) is 2.43. The highest BCUT2D eigenvalue weighted by atomic mass is 79.9. The first-order chi connectivity index (χ1) is 7.60. The van der Waals surface area contributed by atoms with E-state index in [2.05, 4.69) is 50.1 Å². The van der Waals surface area contributed by atoms with E-state index in [-0.39, 0.29) is 3.23 Å². The molecule has 16 heavy (non-hydrogen) atoms. The van der Waals surface area contributed by atoms with E-state index in [0.29, 0.717) is 0 Å². The fraction of sp³-hybridized carbons (Fsp3) is 0.0769. The van der Waals surface area contributed by atoms with Crippen molar-refractivity contribution in [2.45, 2.75) is 3.23 Å². The van der Waals surface area contributed by atoms with Crippen molar-refractivity contribution in [1.82, 2.24) is 0 Å². The molecule has 1 aliphatic carbocycles. The molecule has 3 rings (SSSR count). The molecule has 0 fully saturated rings. The Morgan fingerprint density at radius 1 is 0.875 bits per heavy atom. The van der Waals surface area contributed by atoms with Gasteiger partial charge in [0.15, 0.2) is 0 Å². The van der Waals surface area contributed by atoms with Crippen LogP contribution in [0.1, 0.15) is 11.1 Å². The zero-order valence-corrected chi connectivity index (χ0v) is 12.1. The van der Waals surface area contributed by atoms with E-state index in [4.69, 9.17) is 11.6 Å². The Balaban J connectivity index is 2.40. The molecule has 0 N–H and O–H groups in total. The first-order valence-corrected chi connectivity index (χ1v) is 6.85. The molecule has 0 heterocycles. The van der Waals surface area contributed by atoms with Gasteiger partial charge in [0.25, 0.3) is 0 Å². The molecule has 0 aliphatic heterocycles. The van der Waals surface area contributed by atoms with Crippen LogP contribution in [0.15, 0.2) is 42.5 Å². The Morgan fingerprint density at radius 3 is 2.38 bits per heavy atom. The lowest BCUT2D eigenvalue weighted by molar-refractivity contribution is 1.18. The van der Waals surface area contributed by atoms with Crippen LogP contribution in [-0.2, 0) is 3.23 Å². The molecular weight excluding hydrogens is 351 g/mol. The Bertz CT molecular complexity index is 576. The highest BCUT2D eigenvalue weighted by molar-refractivity contribution is 9.25. The minimum Gasteiger partial charge on any atom is -0.0843 e. The van der Waals surface area contributed by atoms with Crippen LogP contribution in [-0.4, -0.2) is 0 Å². The second-order valence-corrected chi connectivity index (χ2v) is 7.69. The third-order valence-electron chi connectivity index (χ3n) is 2.88. The Labute approximate surface area is 116 Å². The first kappa shape index (κ1) is 10.8. The van der Waals surface area contributed by atoms with Crippen molar-refractivity contribution in [3.8, 4) is 11.1 Å². The van der Waals surface area contributed by atoms with Crippen molar-refractivity contribution in [2.75, 3.05) is 0 Å². The molecule has 2 aromatic carbocycles. The number of hydrogen-bond acceptors (Lipinski definition) is 0. The quantitative estimate of drug-likeness (QED) is 0.560. The van der Waals surface area contributed by atoms with E-state index in [1.54, 1.807) is 0 Å². The summed E-state index contributed by atoms with van der Waals surface area (Å²) in [5.74, 6) is 0. The highest BCUT2D eigenvalue weighted by Crippen LogP contribution is 2.56. The molecule has 80 valence electrons. The minimum atomic E-state index is -0.281. The lowest BCUT2D eigenvalue weighted by atomic mass is 10.1. The van der Waals surface area contributed by atoms with Crippen LogP contribution < -0.4 is 0 Å². The van der Waals surface area contributed by atoms with Gasteiger partial charge in [0, 0.05) is 5.02 Å². The van der Waals surface area contributed by atoms with Crippen LogP contribution >= 0.6 is 43.5 Å². The predicted molar refractivity (Wildman–Crippen MR) is 75.5 cm³/mol. The van der Waals surface area contributed by atoms with Gasteiger partial charge < -0.3 is 0 Å². The molecule has 0 radical (unpaired) electrons. The van der Waals surface area contributed by atoms with Crippen molar-refractivity contribution >= 4 is 43.5 Å². The highest BCUT2D eigenvalue weighted by Gasteiger charge is 2.38. The SMILES string of the molecule is Clc1ccc2c(c1)-c1ccccc1C2(Br)Br. The average Bonchev–Trinajstić information content (AvgIpc) is 2.49. The van der Waals surface area contributed by atoms with E-state index >= 15 is 0 Å². The van der Waals surface area contributed by atoms with Gasteiger partial charge >= 0.3 is 0 Å². The van der Waals surface area contributed by atoms with Crippen LogP contribution in [0.5, 0.6) is 0 Å². The maximum atomic E-state index is 6.05. The van der Waals surface area contributed by atoms with E-state index in [0.717, 1.165) is 5.02 Å². The van der Waals surface area contributed by atoms with Gasteiger partial charge in [0.1, 0.15) is 3.23 Å². The van der Waals surface area contributed by atoms with Gasteiger partial charge in [-0.2, -0.15) is 0 Å². The second kappa shape index (κ2) is 3.59. The normalized spacial score (nSPS) is 15.7. The first-order valence-electron chi connectivity index (χ1n) is 4.88. The fourth-order valence-electron chi connectivity index (χ4n) is 2.15. The number of benzene rings is 2. The third-order valence-corrected chi connectivity index (χ3v) is 4.82. The fourth-order valence-corrected chi connectivity index (χ4v) is 3.71. The molecule has 1 aliphatic rings. The summed E-state index contributed by atoms with van der Waals surface area (Å²) in [6, 6.07) is 14.3. The standard InChI is InChI=1S/C13H7Br2Cl/c14-13(15)11-4-2-1-3-9(11)10-7-8(16)5-6-12(10)13/h1-7H. The molecule has 0 bridgehead atoms. The summed E-state index contributed by atoms with van der Waals surface area (Å²) in [4.78, 5) is 0. The topological polar surface area (TPSA) is 0 Å². The van der Waals surface area contributed by atoms with E-state index in [1.807, 2.05) is 24.3 Å².